The summed E-state index contributed by atoms with van der Waals surface area (Å²) in [6.07, 6.45) is 8.63. The van der Waals surface area contributed by atoms with Crippen molar-refractivity contribution >= 4 is 0 Å². The third-order valence-electron chi connectivity index (χ3n) is 3.30. The Kier molecular flexibility index (Phi) is 5.54. The third-order valence-corrected chi connectivity index (χ3v) is 3.30. The molecule has 84 valence electrons. The average Bonchev–Trinajstić information content (AvgIpc) is 2.15. The summed E-state index contributed by atoms with van der Waals surface area (Å²) in [5.74, 6) is 1.79. The second-order valence-electron chi connectivity index (χ2n) is 5.44. The predicted molar refractivity (Wildman–Crippen MR) is 63.5 cm³/mol. The normalized spacial score (nSPS) is 21.4. The standard InChI is InChI=1S/C13H27N/c1-11(2)9-12(3)14-10-13-7-5-4-6-8-13/h11-14H,4-10H2,1-3H3/t12-/m0/s1. The van der Waals surface area contributed by atoms with Crippen LogP contribution < -0.4 is 5.32 Å². The van der Waals surface area contributed by atoms with E-state index in [0.717, 1.165) is 11.8 Å². The lowest BCUT2D eigenvalue weighted by molar-refractivity contribution is 0.320. The summed E-state index contributed by atoms with van der Waals surface area (Å²) in [5, 5.41) is 3.68. The van der Waals surface area contributed by atoms with E-state index in [1.165, 1.54) is 45.1 Å². The lowest BCUT2D eigenvalue weighted by Gasteiger charge is -2.24. The average molecular weight is 197 g/mol. The first-order valence-corrected chi connectivity index (χ1v) is 6.42. The van der Waals surface area contributed by atoms with Crippen molar-refractivity contribution in [1.29, 1.82) is 0 Å². The van der Waals surface area contributed by atoms with Crippen molar-refractivity contribution < 1.29 is 0 Å². The quantitative estimate of drug-likeness (QED) is 0.710. The van der Waals surface area contributed by atoms with Gasteiger partial charge in [0.15, 0.2) is 0 Å². The van der Waals surface area contributed by atoms with Crippen LogP contribution in [0.25, 0.3) is 0 Å². The molecule has 14 heavy (non-hydrogen) atoms. The molecule has 0 radical (unpaired) electrons. The number of nitrogens with one attached hydrogen (secondary N) is 1. The van der Waals surface area contributed by atoms with Gasteiger partial charge in [0.1, 0.15) is 0 Å². The lowest BCUT2D eigenvalue weighted by atomic mass is 9.89. The minimum absolute atomic E-state index is 0.705. The molecule has 1 atom stereocenters. The summed E-state index contributed by atoms with van der Waals surface area (Å²) >= 11 is 0. The molecule has 0 saturated heterocycles. The zero-order valence-corrected chi connectivity index (χ0v) is 10.2. The molecule has 1 nitrogen and oxygen atoms in total. The molecule has 0 heterocycles. The molecule has 0 unspecified atom stereocenters. The summed E-state index contributed by atoms with van der Waals surface area (Å²) in [6, 6.07) is 0.705. The van der Waals surface area contributed by atoms with Crippen molar-refractivity contribution in [3.05, 3.63) is 0 Å². The maximum absolute atomic E-state index is 3.68. The molecule has 1 saturated carbocycles. The van der Waals surface area contributed by atoms with Crippen molar-refractivity contribution in [2.75, 3.05) is 6.54 Å². The van der Waals surface area contributed by atoms with Gasteiger partial charge in [0.25, 0.3) is 0 Å². The third kappa shape index (κ3) is 4.99. The molecule has 0 bridgehead atoms. The monoisotopic (exact) mass is 197 g/mol. The fraction of sp³-hybridized carbons (Fsp3) is 1.00. The zero-order valence-electron chi connectivity index (χ0n) is 10.2. The highest BCUT2D eigenvalue weighted by Crippen LogP contribution is 2.23. The van der Waals surface area contributed by atoms with Crippen LogP contribution in [0.2, 0.25) is 0 Å². The van der Waals surface area contributed by atoms with E-state index in [1.54, 1.807) is 0 Å². The van der Waals surface area contributed by atoms with Crippen LogP contribution in [0.5, 0.6) is 0 Å². The van der Waals surface area contributed by atoms with Crippen molar-refractivity contribution in [3.63, 3.8) is 0 Å². The fourth-order valence-electron chi connectivity index (χ4n) is 2.55. The first-order valence-electron chi connectivity index (χ1n) is 6.42. The van der Waals surface area contributed by atoms with Gasteiger partial charge in [-0.1, -0.05) is 33.1 Å². The number of rotatable bonds is 5. The van der Waals surface area contributed by atoms with E-state index in [9.17, 15) is 0 Å². The molecule has 0 aliphatic heterocycles. The van der Waals surface area contributed by atoms with E-state index in [4.69, 9.17) is 0 Å². The Labute approximate surface area is 89.7 Å². The Hall–Kier alpha value is -0.0400. The van der Waals surface area contributed by atoms with E-state index >= 15 is 0 Å². The van der Waals surface area contributed by atoms with Crippen LogP contribution in [0.15, 0.2) is 0 Å². The van der Waals surface area contributed by atoms with E-state index < -0.39 is 0 Å². The second-order valence-corrected chi connectivity index (χ2v) is 5.44. The maximum atomic E-state index is 3.68. The zero-order chi connectivity index (χ0) is 10.4. The highest BCUT2D eigenvalue weighted by molar-refractivity contribution is 4.71. The van der Waals surface area contributed by atoms with Crippen LogP contribution >= 0.6 is 0 Å². The van der Waals surface area contributed by atoms with E-state index in [1.807, 2.05) is 0 Å². The number of hydrogen-bond donors (Lipinski definition) is 1. The Morgan fingerprint density at radius 1 is 1.07 bits per heavy atom. The van der Waals surface area contributed by atoms with Gasteiger partial charge < -0.3 is 5.32 Å². The molecule has 1 fully saturated rings. The largest absolute Gasteiger partial charge is 0.314 e. The summed E-state index contributed by atoms with van der Waals surface area (Å²) in [7, 11) is 0. The van der Waals surface area contributed by atoms with Gasteiger partial charge in [0.2, 0.25) is 0 Å². The smallest absolute Gasteiger partial charge is 0.00412 e. The highest BCUT2D eigenvalue weighted by Gasteiger charge is 2.14. The molecular formula is C13H27N. The Balaban J connectivity index is 2.06. The molecule has 0 spiro atoms. The van der Waals surface area contributed by atoms with Gasteiger partial charge in [-0.2, -0.15) is 0 Å². The predicted octanol–water partition coefficient (Wildman–Crippen LogP) is 3.59. The van der Waals surface area contributed by atoms with Gasteiger partial charge in [-0.15, -0.1) is 0 Å². The van der Waals surface area contributed by atoms with Crippen LogP contribution in [-0.2, 0) is 0 Å². The number of hydrogen-bond acceptors (Lipinski definition) is 1. The fourth-order valence-corrected chi connectivity index (χ4v) is 2.55. The van der Waals surface area contributed by atoms with Crippen LogP contribution in [-0.4, -0.2) is 12.6 Å². The second kappa shape index (κ2) is 6.44. The highest BCUT2D eigenvalue weighted by atomic mass is 14.9. The maximum Gasteiger partial charge on any atom is 0.00412 e. The van der Waals surface area contributed by atoms with E-state index in [0.29, 0.717) is 6.04 Å². The van der Waals surface area contributed by atoms with Crippen molar-refractivity contribution in [3.8, 4) is 0 Å². The summed E-state index contributed by atoms with van der Waals surface area (Å²) < 4.78 is 0. The van der Waals surface area contributed by atoms with Crippen molar-refractivity contribution in [2.24, 2.45) is 11.8 Å². The molecule has 1 heteroatoms. The molecule has 0 aromatic carbocycles. The van der Waals surface area contributed by atoms with Crippen LogP contribution in [0, 0.1) is 11.8 Å². The molecule has 0 amide bonds. The molecule has 1 N–H and O–H groups in total. The Bertz CT molecular complexity index is 136. The van der Waals surface area contributed by atoms with E-state index in [2.05, 4.69) is 26.1 Å². The lowest BCUT2D eigenvalue weighted by Crippen LogP contribution is -2.32. The van der Waals surface area contributed by atoms with Gasteiger partial charge in [-0.25, -0.2) is 0 Å². The molecule has 1 aliphatic rings. The van der Waals surface area contributed by atoms with Crippen LogP contribution in [0.1, 0.15) is 59.3 Å². The summed E-state index contributed by atoms with van der Waals surface area (Å²) in [5.41, 5.74) is 0. The molecule has 0 aromatic rings. The first-order chi connectivity index (χ1) is 6.68. The SMILES string of the molecule is CC(C)C[C@H](C)NCC1CCCCC1. The summed E-state index contributed by atoms with van der Waals surface area (Å²) in [4.78, 5) is 0. The first kappa shape index (κ1) is 12.0. The molecular weight excluding hydrogens is 170 g/mol. The summed E-state index contributed by atoms with van der Waals surface area (Å²) in [6.45, 7) is 8.19. The Morgan fingerprint density at radius 3 is 2.29 bits per heavy atom. The van der Waals surface area contributed by atoms with Crippen LogP contribution in [0.4, 0.5) is 0 Å². The minimum Gasteiger partial charge on any atom is -0.314 e. The molecule has 1 rings (SSSR count). The van der Waals surface area contributed by atoms with Crippen LogP contribution in [0.3, 0.4) is 0 Å². The van der Waals surface area contributed by atoms with Gasteiger partial charge in [-0.05, 0) is 44.6 Å². The molecule has 0 aromatic heterocycles. The van der Waals surface area contributed by atoms with E-state index in [-0.39, 0.29) is 0 Å². The van der Waals surface area contributed by atoms with Gasteiger partial charge in [0, 0.05) is 6.04 Å². The Morgan fingerprint density at radius 2 is 1.71 bits per heavy atom. The van der Waals surface area contributed by atoms with Crippen molar-refractivity contribution in [2.45, 2.75) is 65.3 Å². The molecule has 1 aliphatic carbocycles. The van der Waals surface area contributed by atoms with Gasteiger partial charge in [0.05, 0.1) is 0 Å². The van der Waals surface area contributed by atoms with Gasteiger partial charge in [-0.3, -0.25) is 0 Å². The minimum atomic E-state index is 0.705. The van der Waals surface area contributed by atoms with Gasteiger partial charge >= 0.3 is 0 Å². The van der Waals surface area contributed by atoms with Crippen molar-refractivity contribution in [1.82, 2.24) is 5.32 Å². The topological polar surface area (TPSA) is 12.0 Å².